The molecule has 0 amide bonds. The summed E-state index contributed by atoms with van der Waals surface area (Å²) in [6.45, 7) is 18.5. The molecule has 9 unspecified atom stereocenters. The SMILES string of the molecule is C=C1C=C2C(C)(/C=C(\C)C#N)C(C(C)C=O)CCC2(C)C2CCC3(C)CCC(C)CC3C12. The summed E-state index contributed by atoms with van der Waals surface area (Å²) in [6.07, 6.45) is 14.6. The smallest absolute Gasteiger partial charge is 0.123 e. The summed E-state index contributed by atoms with van der Waals surface area (Å²) in [7, 11) is 0. The van der Waals surface area contributed by atoms with Crippen molar-refractivity contribution in [1.82, 2.24) is 0 Å². The van der Waals surface area contributed by atoms with E-state index < -0.39 is 0 Å². The van der Waals surface area contributed by atoms with Crippen molar-refractivity contribution in [3.8, 4) is 6.07 Å². The fourth-order valence-corrected chi connectivity index (χ4v) is 8.93. The Morgan fingerprint density at radius 2 is 1.88 bits per heavy atom. The van der Waals surface area contributed by atoms with Gasteiger partial charge in [-0.3, -0.25) is 0 Å². The molecule has 2 nitrogen and oxygen atoms in total. The second-order valence-electron chi connectivity index (χ2n) is 12.7. The van der Waals surface area contributed by atoms with E-state index in [4.69, 9.17) is 6.58 Å². The minimum atomic E-state index is -0.276. The minimum absolute atomic E-state index is 0.0203. The highest BCUT2D eigenvalue weighted by Gasteiger charge is 2.60. The van der Waals surface area contributed by atoms with E-state index in [9.17, 15) is 10.1 Å². The number of fused-ring (bicyclic) bond motifs is 5. The number of nitrogens with zero attached hydrogens (tertiary/aromatic N) is 1. The molecule has 3 fully saturated rings. The number of carbonyl (C=O) groups excluding carboxylic acids is 1. The molecule has 2 heteroatoms. The fraction of sp³-hybridized carbons (Fsp3) is 0.733. The third-order valence-corrected chi connectivity index (χ3v) is 10.7. The molecule has 0 spiro atoms. The van der Waals surface area contributed by atoms with Gasteiger partial charge in [0.05, 0.1) is 6.07 Å². The van der Waals surface area contributed by atoms with E-state index in [-0.39, 0.29) is 22.7 Å². The van der Waals surface area contributed by atoms with Crippen molar-refractivity contribution >= 4 is 6.29 Å². The van der Waals surface area contributed by atoms with Crippen LogP contribution in [-0.4, -0.2) is 6.29 Å². The Kier molecular flexibility index (Phi) is 5.89. The molecular formula is C30H43NO. The summed E-state index contributed by atoms with van der Waals surface area (Å²) in [4.78, 5) is 11.9. The van der Waals surface area contributed by atoms with E-state index in [2.05, 4.69) is 52.8 Å². The van der Waals surface area contributed by atoms with E-state index in [1.165, 1.54) is 43.3 Å². The average molecular weight is 434 g/mol. The predicted molar refractivity (Wildman–Crippen MR) is 132 cm³/mol. The summed E-state index contributed by atoms with van der Waals surface area (Å²) < 4.78 is 0. The monoisotopic (exact) mass is 433 g/mol. The lowest BCUT2D eigenvalue weighted by Crippen LogP contribution is -2.56. The first kappa shape index (κ1) is 23.5. The molecule has 0 heterocycles. The number of carbonyl (C=O) groups is 1. The Bertz CT molecular complexity index is 904. The van der Waals surface area contributed by atoms with Crippen LogP contribution in [0.4, 0.5) is 0 Å². The highest BCUT2D eigenvalue weighted by atomic mass is 16.1. The highest BCUT2D eigenvalue weighted by Crippen LogP contribution is 2.69. The minimum Gasteiger partial charge on any atom is -0.303 e. The second kappa shape index (κ2) is 8.00. The Hall–Kier alpha value is -1.62. The second-order valence-corrected chi connectivity index (χ2v) is 12.7. The van der Waals surface area contributed by atoms with Gasteiger partial charge in [0, 0.05) is 16.9 Å². The molecule has 0 saturated heterocycles. The van der Waals surface area contributed by atoms with Crippen LogP contribution in [0, 0.1) is 63.1 Å². The van der Waals surface area contributed by atoms with Gasteiger partial charge in [-0.2, -0.15) is 5.26 Å². The van der Waals surface area contributed by atoms with Crippen LogP contribution in [0.15, 0.2) is 35.5 Å². The molecule has 0 N–H and O–H groups in total. The molecule has 0 aliphatic heterocycles. The molecule has 9 atom stereocenters. The van der Waals surface area contributed by atoms with Crippen molar-refractivity contribution in [3.05, 3.63) is 35.5 Å². The number of nitriles is 1. The van der Waals surface area contributed by atoms with E-state index in [1.807, 2.05) is 6.92 Å². The van der Waals surface area contributed by atoms with Crippen molar-refractivity contribution in [2.75, 3.05) is 0 Å². The molecule has 4 aliphatic rings. The largest absolute Gasteiger partial charge is 0.303 e. The zero-order valence-corrected chi connectivity index (χ0v) is 21.2. The molecule has 0 aromatic rings. The van der Waals surface area contributed by atoms with Gasteiger partial charge in [0.1, 0.15) is 6.29 Å². The lowest BCUT2D eigenvalue weighted by Gasteiger charge is -2.64. The lowest BCUT2D eigenvalue weighted by atomic mass is 9.40. The molecule has 0 bridgehead atoms. The number of aldehydes is 1. The Balaban J connectivity index is 1.84. The summed E-state index contributed by atoms with van der Waals surface area (Å²) >= 11 is 0. The van der Waals surface area contributed by atoms with Crippen LogP contribution in [0.5, 0.6) is 0 Å². The average Bonchev–Trinajstić information content (AvgIpc) is 2.75. The van der Waals surface area contributed by atoms with Gasteiger partial charge in [0.2, 0.25) is 0 Å². The summed E-state index contributed by atoms with van der Waals surface area (Å²) in [5.74, 6) is 2.97. The molecule has 32 heavy (non-hydrogen) atoms. The quantitative estimate of drug-likeness (QED) is 0.338. The maximum Gasteiger partial charge on any atom is 0.123 e. The highest BCUT2D eigenvalue weighted by molar-refractivity contribution is 5.55. The number of hydrogen-bond acceptors (Lipinski definition) is 2. The third kappa shape index (κ3) is 3.38. The first-order chi connectivity index (χ1) is 15.0. The summed E-state index contributed by atoms with van der Waals surface area (Å²) in [6, 6.07) is 2.36. The molecule has 4 rings (SSSR count). The molecule has 174 valence electrons. The Labute approximate surface area is 196 Å². The van der Waals surface area contributed by atoms with Crippen molar-refractivity contribution in [1.29, 1.82) is 5.26 Å². The number of rotatable bonds is 3. The molecular weight excluding hydrogens is 390 g/mol. The maximum absolute atomic E-state index is 11.9. The van der Waals surface area contributed by atoms with Crippen LogP contribution in [0.3, 0.4) is 0 Å². The van der Waals surface area contributed by atoms with Gasteiger partial charge >= 0.3 is 0 Å². The molecule has 0 aromatic carbocycles. The van der Waals surface area contributed by atoms with Gasteiger partial charge in [0.25, 0.3) is 0 Å². The number of allylic oxidation sites excluding steroid dienone is 5. The van der Waals surface area contributed by atoms with E-state index in [0.717, 1.165) is 36.5 Å². The first-order valence-corrected chi connectivity index (χ1v) is 13.0. The first-order valence-electron chi connectivity index (χ1n) is 13.0. The van der Waals surface area contributed by atoms with Crippen LogP contribution in [0.1, 0.15) is 86.5 Å². The van der Waals surface area contributed by atoms with Crippen molar-refractivity contribution in [3.63, 3.8) is 0 Å². The normalized spacial score (nSPS) is 47.3. The van der Waals surface area contributed by atoms with E-state index in [0.29, 0.717) is 17.3 Å². The molecule has 0 radical (unpaired) electrons. The lowest BCUT2D eigenvalue weighted by molar-refractivity contribution is -0.114. The third-order valence-electron chi connectivity index (χ3n) is 10.7. The van der Waals surface area contributed by atoms with Crippen LogP contribution in [0.25, 0.3) is 0 Å². The summed E-state index contributed by atoms with van der Waals surface area (Å²) in [5.41, 5.74) is 3.83. The van der Waals surface area contributed by atoms with Crippen molar-refractivity contribution in [2.45, 2.75) is 86.5 Å². The standard InChI is InChI=1S/C30H43NO/c1-19-8-11-28(5)12-9-24-27(25(28)14-19)21(3)15-26-29(24,6)13-10-23(22(4)18-32)30(26,7)16-20(2)17-31/h15-16,18-19,22-25,27H,3,8-14H2,1-2,4-7H3/b20-16+. The Morgan fingerprint density at radius 3 is 2.53 bits per heavy atom. The van der Waals surface area contributed by atoms with Crippen molar-refractivity contribution in [2.24, 2.45) is 51.8 Å². The Morgan fingerprint density at radius 1 is 1.19 bits per heavy atom. The van der Waals surface area contributed by atoms with Crippen LogP contribution >= 0.6 is 0 Å². The van der Waals surface area contributed by atoms with E-state index >= 15 is 0 Å². The van der Waals surface area contributed by atoms with Gasteiger partial charge in [0.15, 0.2) is 0 Å². The van der Waals surface area contributed by atoms with Gasteiger partial charge in [-0.25, -0.2) is 0 Å². The van der Waals surface area contributed by atoms with Gasteiger partial charge < -0.3 is 4.79 Å². The topological polar surface area (TPSA) is 40.9 Å². The zero-order chi connectivity index (χ0) is 23.5. The zero-order valence-electron chi connectivity index (χ0n) is 21.2. The van der Waals surface area contributed by atoms with Gasteiger partial charge in [-0.05, 0) is 85.9 Å². The molecule has 4 aliphatic carbocycles. The number of hydrogen-bond donors (Lipinski definition) is 0. The van der Waals surface area contributed by atoms with Crippen molar-refractivity contribution < 1.29 is 4.79 Å². The maximum atomic E-state index is 11.9. The summed E-state index contributed by atoms with van der Waals surface area (Å²) in [5, 5.41) is 9.62. The van der Waals surface area contributed by atoms with Gasteiger partial charge in [-0.15, -0.1) is 0 Å². The molecule has 0 aromatic heterocycles. The van der Waals surface area contributed by atoms with Crippen LogP contribution in [-0.2, 0) is 4.79 Å². The van der Waals surface area contributed by atoms with Crippen LogP contribution in [0.2, 0.25) is 0 Å². The fourth-order valence-electron chi connectivity index (χ4n) is 8.93. The molecule has 3 saturated carbocycles. The van der Waals surface area contributed by atoms with Gasteiger partial charge in [-0.1, -0.05) is 70.9 Å². The predicted octanol–water partition coefficient (Wildman–Crippen LogP) is 7.68. The van der Waals surface area contributed by atoms with Crippen LogP contribution < -0.4 is 0 Å². The van der Waals surface area contributed by atoms with E-state index in [1.54, 1.807) is 0 Å².